The van der Waals surface area contributed by atoms with Crippen LogP contribution in [0.2, 0.25) is 5.02 Å². The van der Waals surface area contributed by atoms with Crippen LogP contribution in [0.4, 0.5) is 11.6 Å². The number of anilines is 2. The third-order valence-corrected chi connectivity index (χ3v) is 3.76. The molecule has 0 aliphatic rings. The standard InChI is InChI=1S/C19H27ClN4.ClH/c1-13(2)10-21-11-14-12-22-18(24-17(14)19(3,4)5)23-16-8-6-7-15(20)9-16;/h6-9,12-13,21H,10-11H2,1-5H3,(H,22,23,24);1H. The minimum Gasteiger partial charge on any atom is -0.324 e. The molecule has 0 unspecified atom stereocenters. The number of halogens is 2. The highest BCUT2D eigenvalue weighted by Gasteiger charge is 2.21. The molecule has 2 aromatic rings. The van der Waals surface area contributed by atoms with Crippen LogP contribution in [0.3, 0.4) is 0 Å². The highest BCUT2D eigenvalue weighted by molar-refractivity contribution is 6.30. The van der Waals surface area contributed by atoms with Crippen LogP contribution in [-0.2, 0) is 12.0 Å². The predicted molar refractivity (Wildman–Crippen MR) is 109 cm³/mol. The number of hydrogen-bond donors (Lipinski definition) is 2. The smallest absolute Gasteiger partial charge is 0.227 e. The molecule has 0 bridgehead atoms. The van der Waals surface area contributed by atoms with Gasteiger partial charge in [0, 0.05) is 34.4 Å². The van der Waals surface area contributed by atoms with Crippen molar-refractivity contribution in [1.29, 1.82) is 0 Å². The highest BCUT2D eigenvalue weighted by Crippen LogP contribution is 2.26. The molecule has 2 N–H and O–H groups in total. The highest BCUT2D eigenvalue weighted by atomic mass is 35.5. The van der Waals surface area contributed by atoms with Gasteiger partial charge >= 0.3 is 0 Å². The van der Waals surface area contributed by atoms with Gasteiger partial charge in [0.1, 0.15) is 0 Å². The van der Waals surface area contributed by atoms with Gasteiger partial charge in [0.25, 0.3) is 0 Å². The molecule has 1 heterocycles. The SMILES string of the molecule is CC(C)CNCc1cnc(Nc2cccc(Cl)c2)nc1C(C)(C)C.Cl. The van der Waals surface area contributed by atoms with Crippen LogP contribution >= 0.6 is 24.0 Å². The number of nitrogens with one attached hydrogen (secondary N) is 2. The summed E-state index contributed by atoms with van der Waals surface area (Å²) in [6, 6.07) is 7.56. The maximum Gasteiger partial charge on any atom is 0.227 e. The Bertz CT molecular complexity index is 681. The molecule has 138 valence electrons. The van der Waals surface area contributed by atoms with Crippen LogP contribution in [0, 0.1) is 5.92 Å². The molecule has 0 atom stereocenters. The maximum absolute atomic E-state index is 6.03. The quantitative estimate of drug-likeness (QED) is 0.707. The molecule has 1 aromatic heterocycles. The molecule has 1 aromatic carbocycles. The third-order valence-electron chi connectivity index (χ3n) is 3.52. The van der Waals surface area contributed by atoms with E-state index < -0.39 is 0 Å². The first kappa shape index (κ1) is 21.7. The van der Waals surface area contributed by atoms with Gasteiger partial charge in [-0.2, -0.15) is 0 Å². The molecule has 4 nitrogen and oxygen atoms in total. The van der Waals surface area contributed by atoms with E-state index in [2.05, 4.69) is 50.2 Å². The van der Waals surface area contributed by atoms with E-state index >= 15 is 0 Å². The zero-order valence-corrected chi connectivity index (χ0v) is 17.1. The average molecular weight is 383 g/mol. The van der Waals surface area contributed by atoms with Crippen LogP contribution in [-0.4, -0.2) is 16.5 Å². The van der Waals surface area contributed by atoms with E-state index in [0.29, 0.717) is 16.9 Å². The second-order valence-corrected chi connectivity index (χ2v) is 7.91. The van der Waals surface area contributed by atoms with E-state index in [1.807, 2.05) is 30.5 Å². The van der Waals surface area contributed by atoms with Gasteiger partial charge in [-0.1, -0.05) is 52.3 Å². The lowest BCUT2D eigenvalue weighted by Gasteiger charge is -2.22. The Morgan fingerprint density at radius 3 is 2.52 bits per heavy atom. The monoisotopic (exact) mass is 382 g/mol. The maximum atomic E-state index is 6.03. The van der Waals surface area contributed by atoms with E-state index in [1.165, 1.54) is 0 Å². The van der Waals surface area contributed by atoms with Crippen LogP contribution in [0.25, 0.3) is 0 Å². The Hall–Kier alpha value is -1.36. The fourth-order valence-corrected chi connectivity index (χ4v) is 2.63. The molecule has 0 spiro atoms. The van der Waals surface area contributed by atoms with Gasteiger partial charge in [0.2, 0.25) is 5.95 Å². The normalized spacial score (nSPS) is 11.3. The van der Waals surface area contributed by atoms with E-state index in [4.69, 9.17) is 16.6 Å². The van der Waals surface area contributed by atoms with Gasteiger partial charge in [-0.15, -0.1) is 12.4 Å². The summed E-state index contributed by atoms with van der Waals surface area (Å²) >= 11 is 6.03. The number of aromatic nitrogens is 2. The zero-order valence-electron chi connectivity index (χ0n) is 15.6. The number of nitrogens with zero attached hydrogens (tertiary/aromatic N) is 2. The Balaban J connectivity index is 0.00000312. The second kappa shape index (κ2) is 9.37. The Morgan fingerprint density at radius 2 is 1.92 bits per heavy atom. The number of benzene rings is 1. The molecule has 0 aliphatic carbocycles. The summed E-state index contributed by atoms with van der Waals surface area (Å²) in [5, 5.41) is 7.39. The van der Waals surface area contributed by atoms with E-state index in [9.17, 15) is 0 Å². The summed E-state index contributed by atoms with van der Waals surface area (Å²) in [6.45, 7) is 12.7. The van der Waals surface area contributed by atoms with Gasteiger partial charge in [-0.25, -0.2) is 9.97 Å². The molecule has 0 amide bonds. The lowest BCUT2D eigenvalue weighted by atomic mass is 9.89. The van der Waals surface area contributed by atoms with Crippen molar-refractivity contribution in [3.63, 3.8) is 0 Å². The van der Waals surface area contributed by atoms with E-state index in [0.717, 1.165) is 30.0 Å². The van der Waals surface area contributed by atoms with Crippen molar-refractivity contribution in [2.45, 2.75) is 46.6 Å². The van der Waals surface area contributed by atoms with Gasteiger partial charge in [-0.3, -0.25) is 0 Å². The minimum atomic E-state index is -0.0530. The van der Waals surface area contributed by atoms with Crippen molar-refractivity contribution in [3.8, 4) is 0 Å². The van der Waals surface area contributed by atoms with Gasteiger partial charge in [-0.05, 0) is 30.7 Å². The summed E-state index contributed by atoms with van der Waals surface area (Å²) < 4.78 is 0. The van der Waals surface area contributed by atoms with E-state index in [1.54, 1.807) is 0 Å². The van der Waals surface area contributed by atoms with Crippen molar-refractivity contribution in [2.75, 3.05) is 11.9 Å². The summed E-state index contributed by atoms with van der Waals surface area (Å²) in [7, 11) is 0. The van der Waals surface area contributed by atoms with Crippen LogP contribution < -0.4 is 10.6 Å². The van der Waals surface area contributed by atoms with Gasteiger partial charge in [0.05, 0.1) is 5.69 Å². The summed E-state index contributed by atoms with van der Waals surface area (Å²) in [5.74, 6) is 1.21. The molecule has 25 heavy (non-hydrogen) atoms. The minimum absolute atomic E-state index is 0. The average Bonchev–Trinajstić information content (AvgIpc) is 2.47. The lowest BCUT2D eigenvalue weighted by Crippen LogP contribution is -2.24. The van der Waals surface area contributed by atoms with E-state index in [-0.39, 0.29) is 17.8 Å². The summed E-state index contributed by atoms with van der Waals surface area (Å²) in [4.78, 5) is 9.23. The third kappa shape index (κ3) is 6.81. The first-order valence-corrected chi connectivity index (χ1v) is 8.73. The first-order chi connectivity index (χ1) is 11.3. The van der Waals surface area contributed by atoms with Gasteiger partial charge < -0.3 is 10.6 Å². The Labute approximate surface area is 162 Å². The number of hydrogen-bond acceptors (Lipinski definition) is 4. The van der Waals surface area contributed by atoms with Crippen molar-refractivity contribution in [1.82, 2.24) is 15.3 Å². The van der Waals surface area contributed by atoms with Crippen molar-refractivity contribution >= 4 is 35.6 Å². The molecule has 6 heteroatoms. The molecular weight excluding hydrogens is 355 g/mol. The summed E-state index contributed by atoms with van der Waals surface area (Å²) in [6.07, 6.45) is 1.91. The van der Waals surface area contributed by atoms with Crippen molar-refractivity contribution in [2.24, 2.45) is 5.92 Å². The Kier molecular flexibility index (Phi) is 8.13. The molecule has 0 saturated carbocycles. The van der Waals surface area contributed by atoms with Crippen molar-refractivity contribution < 1.29 is 0 Å². The first-order valence-electron chi connectivity index (χ1n) is 8.35. The predicted octanol–water partition coefficient (Wildman–Crippen LogP) is 5.34. The molecule has 0 saturated heterocycles. The largest absolute Gasteiger partial charge is 0.324 e. The summed E-state index contributed by atoms with van der Waals surface area (Å²) in [5.41, 5.74) is 3.02. The molecular formula is C19H28Cl2N4. The lowest BCUT2D eigenvalue weighted by molar-refractivity contribution is 0.527. The molecule has 0 radical (unpaired) electrons. The number of rotatable bonds is 6. The van der Waals surface area contributed by atoms with Crippen molar-refractivity contribution in [3.05, 3.63) is 46.7 Å². The topological polar surface area (TPSA) is 49.8 Å². The van der Waals surface area contributed by atoms with Crippen LogP contribution in [0.15, 0.2) is 30.5 Å². The zero-order chi connectivity index (χ0) is 17.7. The fourth-order valence-electron chi connectivity index (χ4n) is 2.44. The Morgan fingerprint density at radius 1 is 1.20 bits per heavy atom. The molecule has 2 rings (SSSR count). The fraction of sp³-hybridized carbons (Fsp3) is 0.474. The molecule has 0 aliphatic heterocycles. The van der Waals surface area contributed by atoms with Crippen LogP contribution in [0.5, 0.6) is 0 Å². The van der Waals surface area contributed by atoms with Crippen LogP contribution in [0.1, 0.15) is 45.9 Å². The van der Waals surface area contributed by atoms with Gasteiger partial charge in [0.15, 0.2) is 0 Å². The molecule has 0 fully saturated rings. The second-order valence-electron chi connectivity index (χ2n) is 7.48.